The van der Waals surface area contributed by atoms with Crippen LogP contribution in [0.1, 0.15) is 40.5 Å². The molecule has 1 saturated carbocycles. The van der Waals surface area contributed by atoms with Crippen molar-refractivity contribution < 1.29 is 9.57 Å². The van der Waals surface area contributed by atoms with E-state index in [2.05, 4.69) is 5.48 Å². The molecule has 0 aromatic heterocycles. The second-order valence-corrected chi connectivity index (χ2v) is 4.58. The third kappa shape index (κ3) is 4.07. The van der Waals surface area contributed by atoms with Gasteiger partial charge in [-0.3, -0.25) is 4.84 Å². The highest BCUT2D eigenvalue weighted by molar-refractivity contribution is 4.84. The van der Waals surface area contributed by atoms with E-state index in [0.29, 0.717) is 12.1 Å². The Morgan fingerprint density at radius 2 is 1.92 bits per heavy atom. The normalized spacial score (nSPS) is 28.6. The fourth-order valence-electron chi connectivity index (χ4n) is 1.29. The molecule has 0 amide bonds. The Kier molecular flexibility index (Phi) is 3.71. The minimum atomic E-state index is -0.100. The van der Waals surface area contributed by atoms with Crippen molar-refractivity contribution in [1.82, 2.24) is 5.48 Å². The first kappa shape index (κ1) is 11.0. The summed E-state index contributed by atoms with van der Waals surface area (Å²) >= 11 is 0. The first-order valence-electron chi connectivity index (χ1n) is 5.06. The lowest BCUT2D eigenvalue weighted by Crippen LogP contribution is -2.47. The summed E-state index contributed by atoms with van der Waals surface area (Å²) in [5.41, 5.74) is 2.97. The second-order valence-electron chi connectivity index (χ2n) is 4.58. The zero-order valence-electron chi connectivity index (χ0n) is 9.09. The molecule has 0 unspecified atom stereocenters. The molecule has 1 rings (SSSR count). The SMILES string of the molecule is CCOC1CC(NOC(C)(C)C)C1. The molecule has 3 nitrogen and oxygen atoms in total. The van der Waals surface area contributed by atoms with Crippen LogP contribution in [0.3, 0.4) is 0 Å². The summed E-state index contributed by atoms with van der Waals surface area (Å²) in [6.45, 7) is 8.97. The van der Waals surface area contributed by atoms with Crippen molar-refractivity contribution in [2.24, 2.45) is 0 Å². The average molecular weight is 187 g/mol. The summed E-state index contributed by atoms with van der Waals surface area (Å²) in [6, 6.07) is 0.482. The van der Waals surface area contributed by atoms with Crippen molar-refractivity contribution in [1.29, 1.82) is 0 Å². The van der Waals surface area contributed by atoms with Gasteiger partial charge in [0, 0.05) is 12.6 Å². The van der Waals surface area contributed by atoms with Gasteiger partial charge in [-0.1, -0.05) is 0 Å². The van der Waals surface area contributed by atoms with Crippen LogP contribution < -0.4 is 5.48 Å². The molecule has 0 aliphatic heterocycles. The van der Waals surface area contributed by atoms with Crippen LogP contribution in [0.4, 0.5) is 0 Å². The van der Waals surface area contributed by atoms with E-state index in [-0.39, 0.29) is 5.60 Å². The number of ether oxygens (including phenoxy) is 1. The molecule has 0 heterocycles. The maximum atomic E-state index is 5.45. The Hall–Kier alpha value is -0.120. The van der Waals surface area contributed by atoms with Gasteiger partial charge < -0.3 is 4.74 Å². The molecule has 1 aliphatic carbocycles. The Morgan fingerprint density at radius 1 is 1.31 bits per heavy atom. The summed E-state index contributed by atoms with van der Waals surface area (Å²) < 4.78 is 5.44. The van der Waals surface area contributed by atoms with Gasteiger partial charge in [0.1, 0.15) is 0 Å². The summed E-state index contributed by atoms with van der Waals surface area (Å²) in [6.07, 6.45) is 2.60. The molecule has 1 aliphatic rings. The Morgan fingerprint density at radius 3 is 2.38 bits per heavy atom. The summed E-state index contributed by atoms with van der Waals surface area (Å²) in [5, 5.41) is 0. The maximum absolute atomic E-state index is 5.45. The van der Waals surface area contributed by atoms with Crippen LogP contribution in [-0.4, -0.2) is 24.4 Å². The zero-order chi connectivity index (χ0) is 9.90. The fraction of sp³-hybridized carbons (Fsp3) is 1.00. The number of nitrogens with one attached hydrogen (secondary N) is 1. The lowest BCUT2D eigenvalue weighted by Gasteiger charge is -2.36. The summed E-state index contributed by atoms with van der Waals surface area (Å²) in [7, 11) is 0. The predicted molar refractivity (Wildman–Crippen MR) is 52.4 cm³/mol. The molecular weight excluding hydrogens is 166 g/mol. The number of hydrogen-bond donors (Lipinski definition) is 1. The molecule has 1 N–H and O–H groups in total. The molecule has 0 aromatic rings. The number of hydroxylamine groups is 1. The van der Waals surface area contributed by atoms with Crippen molar-refractivity contribution in [2.75, 3.05) is 6.61 Å². The minimum absolute atomic E-state index is 0.100. The van der Waals surface area contributed by atoms with Gasteiger partial charge in [0.2, 0.25) is 0 Å². The summed E-state index contributed by atoms with van der Waals surface area (Å²) in [4.78, 5) is 5.45. The average Bonchev–Trinajstić information content (AvgIpc) is 1.91. The van der Waals surface area contributed by atoms with Crippen molar-refractivity contribution >= 4 is 0 Å². The smallest absolute Gasteiger partial charge is 0.0813 e. The van der Waals surface area contributed by atoms with Gasteiger partial charge in [0.25, 0.3) is 0 Å². The molecule has 78 valence electrons. The highest BCUT2D eigenvalue weighted by atomic mass is 16.7. The molecule has 0 saturated heterocycles. The Balaban J connectivity index is 2.02. The zero-order valence-corrected chi connectivity index (χ0v) is 9.09. The van der Waals surface area contributed by atoms with Crippen LogP contribution in [0.25, 0.3) is 0 Å². The maximum Gasteiger partial charge on any atom is 0.0813 e. The van der Waals surface area contributed by atoms with Crippen LogP contribution >= 0.6 is 0 Å². The van der Waals surface area contributed by atoms with Gasteiger partial charge in [-0.15, -0.1) is 0 Å². The van der Waals surface area contributed by atoms with Crippen molar-refractivity contribution in [3.8, 4) is 0 Å². The van der Waals surface area contributed by atoms with E-state index in [0.717, 1.165) is 19.4 Å². The van der Waals surface area contributed by atoms with Crippen LogP contribution in [0.2, 0.25) is 0 Å². The van der Waals surface area contributed by atoms with Crippen molar-refractivity contribution in [3.05, 3.63) is 0 Å². The number of rotatable bonds is 4. The molecule has 0 aromatic carbocycles. The van der Waals surface area contributed by atoms with Crippen LogP contribution in [0.15, 0.2) is 0 Å². The first-order chi connectivity index (χ1) is 6.01. The predicted octanol–water partition coefficient (Wildman–Crippen LogP) is 1.87. The highest BCUT2D eigenvalue weighted by Gasteiger charge is 2.30. The van der Waals surface area contributed by atoms with Gasteiger partial charge in [-0.25, -0.2) is 0 Å². The van der Waals surface area contributed by atoms with E-state index in [1.54, 1.807) is 0 Å². The van der Waals surface area contributed by atoms with Crippen molar-refractivity contribution in [2.45, 2.75) is 58.3 Å². The molecule has 3 heteroatoms. The molecule has 0 radical (unpaired) electrons. The van der Waals surface area contributed by atoms with Gasteiger partial charge in [-0.2, -0.15) is 5.48 Å². The quantitative estimate of drug-likeness (QED) is 0.682. The summed E-state index contributed by atoms with van der Waals surface area (Å²) in [5.74, 6) is 0. The van der Waals surface area contributed by atoms with Gasteiger partial charge in [-0.05, 0) is 40.5 Å². The molecule has 0 atom stereocenters. The largest absolute Gasteiger partial charge is 0.378 e. The fourth-order valence-corrected chi connectivity index (χ4v) is 1.29. The van der Waals surface area contributed by atoms with Crippen LogP contribution in [0.5, 0.6) is 0 Å². The monoisotopic (exact) mass is 187 g/mol. The van der Waals surface area contributed by atoms with E-state index in [1.807, 2.05) is 27.7 Å². The van der Waals surface area contributed by atoms with E-state index < -0.39 is 0 Å². The van der Waals surface area contributed by atoms with E-state index in [9.17, 15) is 0 Å². The lowest BCUT2D eigenvalue weighted by molar-refractivity contribution is -0.124. The standard InChI is InChI=1S/C10H21NO2/c1-5-12-9-6-8(7-9)11-13-10(2,3)4/h8-9,11H,5-7H2,1-4H3. The van der Waals surface area contributed by atoms with E-state index in [4.69, 9.17) is 9.57 Å². The third-order valence-electron chi connectivity index (χ3n) is 2.03. The van der Waals surface area contributed by atoms with Gasteiger partial charge in [0.15, 0.2) is 0 Å². The second kappa shape index (κ2) is 4.40. The van der Waals surface area contributed by atoms with E-state index in [1.165, 1.54) is 0 Å². The third-order valence-corrected chi connectivity index (χ3v) is 2.03. The van der Waals surface area contributed by atoms with E-state index >= 15 is 0 Å². The van der Waals surface area contributed by atoms with Crippen LogP contribution in [0, 0.1) is 0 Å². The molecule has 0 spiro atoms. The molecule has 13 heavy (non-hydrogen) atoms. The Bertz CT molecular complexity index is 147. The molecule has 1 fully saturated rings. The van der Waals surface area contributed by atoms with Gasteiger partial charge in [0.05, 0.1) is 11.7 Å². The topological polar surface area (TPSA) is 30.5 Å². The van der Waals surface area contributed by atoms with Crippen molar-refractivity contribution in [3.63, 3.8) is 0 Å². The first-order valence-corrected chi connectivity index (χ1v) is 5.06. The van der Waals surface area contributed by atoms with Crippen LogP contribution in [-0.2, 0) is 9.57 Å². The lowest BCUT2D eigenvalue weighted by atomic mass is 9.90. The Labute approximate surface area is 80.7 Å². The minimum Gasteiger partial charge on any atom is -0.378 e. The molecular formula is C10H21NO2. The molecule has 0 bridgehead atoms. The highest BCUT2D eigenvalue weighted by Crippen LogP contribution is 2.23. The number of hydrogen-bond acceptors (Lipinski definition) is 3. The van der Waals surface area contributed by atoms with Gasteiger partial charge >= 0.3 is 0 Å².